The third-order valence-electron chi connectivity index (χ3n) is 4.86. The Bertz CT molecular complexity index is 782. The van der Waals surface area contributed by atoms with Crippen LogP contribution in [0.2, 0.25) is 0 Å². The normalized spacial score (nSPS) is 14.2. The highest BCUT2D eigenvalue weighted by atomic mass is 32.2. The predicted molar refractivity (Wildman–Crippen MR) is 111 cm³/mol. The van der Waals surface area contributed by atoms with Gasteiger partial charge in [-0.3, -0.25) is 9.36 Å². The fourth-order valence-corrected chi connectivity index (χ4v) is 4.06. The Morgan fingerprint density at radius 2 is 2.07 bits per heavy atom. The molecule has 1 aliphatic carbocycles. The average Bonchev–Trinajstić information content (AvgIpc) is 3.35. The minimum atomic E-state index is 0.0545. The first-order valence-electron chi connectivity index (χ1n) is 9.86. The number of allylic oxidation sites excluding steroid dienone is 1. The molecule has 0 radical (unpaired) electrons. The Morgan fingerprint density at radius 1 is 1.32 bits per heavy atom. The second-order valence-corrected chi connectivity index (χ2v) is 7.86. The molecule has 1 saturated carbocycles. The fraction of sp³-hybridized carbons (Fsp3) is 0.476. The minimum Gasteiger partial charge on any atom is -0.486 e. The summed E-state index contributed by atoms with van der Waals surface area (Å²) < 4.78 is 7.81. The summed E-state index contributed by atoms with van der Waals surface area (Å²) in [4.78, 5) is 12.2. The molecule has 0 saturated heterocycles. The number of amides is 1. The van der Waals surface area contributed by atoms with Crippen molar-refractivity contribution < 1.29 is 9.53 Å². The molecule has 1 fully saturated rings. The molecular weight excluding hydrogens is 372 g/mol. The average molecular weight is 401 g/mol. The van der Waals surface area contributed by atoms with Gasteiger partial charge in [-0.05, 0) is 37.0 Å². The number of carbonyl (C=O) groups is 1. The highest BCUT2D eigenvalue weighted by Gasteiger charge is 2.18. The second-order valence-electron chi connectivity index (χ2n) is 6.92. The van der Waals surface area contributed by atoms with Gasteiger partial charge in [-0.15, -0.1) is 16.8 Å². The van der Waals surface area contributed by atoms with E-state index in [1.165, 1.54) is 30.2 Å². The van der Waals surface area contributed by atoms with E-state index >= 15 is 0 Å². The smallest absolute Gasteiger partial charge is 0.230 e. The maximum Gasteiger partial charge on any atom is 0.230 e. The van der Waals surface area contributed by atoms with E-state index in [-0.39, 0.29) is 5.91 Å². The number of ether oxygens (including phenoxy) is 1. The quantitative estimate of drug-likeness (QED) is 0.486. The van der Waals surface area contributed by atoms with Crippen molar-refractivity contribution in [3.8, 4) is 5.75 Å². The van der Waals surface area contributed by atoms with Crippen LogP contribution < -0.4 is 10.1 Å². The van der Waals surface area contributed by atoms with Crippen LogP contribution in [-0.2, 0) is 24.4 Å². The molecule has 1 N–H and O–H groups in total. The molecule has 0 bridgehead atoms. The van der Waals surface area contributed by atoms with Crippen LogP contribution in [0.4, 0.5) is 0 Å². The number of rotatable bonds is 10. The standard InChI is InChI=1S/C21H28N4O2S/c1-3-13-25-19(14-27-18-11-9-16(4-2)10-12-18)23-24-21(25)28-15-20(26)22-17-7-5-6-8-17/h3,9-12,17H,1,4-8,13-15H2,2H3,(H,22,26). The van der Waals surface area contributed by atoms with Gasteiger partial charge >= 0.3 is 0 Å². The molecule has 2 aromatic rings. The third kappa shape index (κ3) is 5.61. The molecule has 1 aromatic heterocycles. The molecule has 0 unspecified atom stereocenters. The molecule has 7 heteroatoms. The van der Waals surface area contributed by atoms with E-state index < -0.39 is 0 Å². The van der Waals surface area contributed by atoms with E-state index in [0.29, 0.717) is 30.1 Å². The Balaban J connectivity index is 1.56. The first kappa shape index (κ1) is 20.5. The van der Waals surface area contributed by atoms with Gasteiger partial charge in [0.1, 0.15) is 12.4 Å². The number of carbonyl (C=O) groups excluding carboxylic acids is 1. The summed E-state index contributed by atoms with van der Waals surface area (Å²) in [6.45, 7) is 6.84. The molecule has 28 heavy (non-hydrogen) atoms. The maximum atomic E-state index is 12.2. The van der Waals surface area contributed by atoms with Gasteiger partial charge in [0.05, 0.1) is 5.75 Å². The molecule has 0 spiro atoms. The molecule has 1 aromatic carbocycles. The van der Waals surface area contributed by atoms with Gasteiger partial charge in [-0.2, -0.15) is 0 Å². The summed E-state index contributed by atoms with van der Waals surface area (Å²) in [5.74, 6) is 1.91. The summed E-state index contributed by atoms with van der Waals surface area (Å²) in [5, 5.41) is 12.3. The Morgan fingerprint density at radius 3 is 2.75 bits per heavy atom. The predicted octanol–water partition coefficient (Wildman–Crippen LogP) is 3.76. The SMILES string of the molecule is C=CCn1c(COc2ccc(CC)cc2)nnc1SCC(=O)NC1CCCC1. The third-order valence-corrected chi connectivity index (χ3v) is 5.82. The van der Waals surface area contributed by atoms with Crippen LogP contribution in [0, 0.1) is 0 Å². The van der Waals surface area contributed by atoms with E-state index in [1.54, 1.807) is 6.08 Å². The summed E-state index contributed by atoms with van der Waals surface area (Å²) in [7, 11) is 0. The van der Waals surface area contributed by atoms with Gasteiger partial charge in [-0.1, -0.05) is 49.7 Å². The molecule has 150 valence electrons. The summed E-state index contributed by atoms with van der Waals surface area (Å²) in [5.41, 5.74) is 1.27. The van der Waals surface area contributed by atoms with Gasteiger partial charge in [0.25, 0.3) is 0 Å². The Hall–Kier alpha value is -2.28. The number of hydrogen-bond acceptors (Lipinski definition) is 5. The van der Waals surface area contributed by atoms with E-state index in [1.807, 2.05) is 16.7 Å². The van der Waals surface area contributed by atoms with E-state index in [0.717, 1.165) is 30.8 Å². The molecule has 0 atom stereocenters. The summed E-state index contributed by atoms with van der Waals surface area (Å²) in [6, 6.07) is 8.40. The van der Waals surface area contributed by atoms with Crippen molar-refractivity contribution in [2.24, 2.45) is 0 Å². The van der Waals surface area contributed by atoms with E-state index in [2.05, 4.69) is 41.1 Å². The van der Waals surface area contributed by atoms with Crippen molar-refractivity contribution in [1.29, 1.82) is 0 Å². The van der Waals surface area contributed by atoms with Crippen molar-refractivity contribution in [3.63, 3.8) is 0 Å². The van der Waals surface area contributed by atoms with Crippen molar-refractivity contribution >= 4 is 17.7 Å². The van der Waals surface area contributed by atoms with E-state index in [4.69, 9.17) is 4.74 Å². The Labute approximate surface area is 170 Å². The monoisotopic (exact) mass is 400 g/mol. The van der Waals surface area contributed by atoms with Crippen LogP contribution >= 0.6 is 11.8 Å². The van der Waals surface area contributed by atoms with Crippen molar-refractivity contribution in [2.45, 2.75) is 63.4 Å². The molecule has 1 aliphatic rings. The number of nitrogens with zero attached hydrogens (tertiary/aromatic N) is 3. The summed E-state index contributed by atoms with van der Waals surface area (Å²) >= 11 is 1.40. The number of benzene rings is 1. The maximum absolute atomic E-state index is 12.2. The molecule has 1 heterocycles. The zero-order valence-corrected chi connectivity index (χ0v) is 17.2. The van der Waals surface area contributed by atoms with Crippen molar-refractivity contribution in [3.05, 3.63) is 48.3 Å². The van der Waals surface area contributed by atoms with Crippen LogP contribution in [0.25, 0.3) is 0 Å². The van der Waals surface area contributed by atoms with Crippen LogP contribution in [-0.4, -0.2) is 32.5 Å². The lowest BCUT2D eigenvalue weighted by atomic mass is 10.2. The van der Waals surface area contributed by atoms with Crippen LogP contribution in [0.15, 0.2) is 42.1 Å². The van der Waals surface area contributed by atoms with Gasteiger partial charge < -0.3 is 10.1 Å². The largest absolute Gasteiger partial charge is 0.486 e. The van der Waals surface area contributed by atoms with Crippen LogP contribution in [0.3, 0.4) is 0 Å². The lowest BCUT2D eigenvalue weighted by Gasteiger charge is -2.12. The molecule has 3 rings (SSSR count). The number of aromatic nitrogens is 3. The lowest BCUT2D eigenvalue weighted by Crippen LogP contribution is -2.33. The first-order valence-corrected chi connectivity index (χ1v) is 10.8. The second kappa shape index (κ2) is 10.3. The van der Waals surface area contributed by atoms with E-state index in [9.17, 15) is 4.79 Å². The van der Waals surface area contributed by atoms with Crippen LogP contribution in [0.1, 0.15) is 44.0 Å². The van der Waals surface area contributed by atoms with Crippen LogP contribution in [0.5, 0.6) is 5.75 Å². The fourth-order valence-electron chi connectivity index (χ4n) is 3.28. The topological polar surface area (TPSA) is 69.0 Å². The zero-order chi connectivity index (χ0) is 19.8. The number of aryl methyl sites for hydroxylation is 1. The van der Waals surface area contributed by atoms with Gasteiger partial charge in [0, 0.05) is 12.6 Å². The lowest BCUT2D eigenvalue weighted by molar-refractivity contribution is -0.119. The molecular formula is C21H28N4O2S. The first-order chi connectivity index (χ1) is 13.7. The zero-order valence-electron chi connectivity index (χ0n) is 16.4. The molecule has 0 aliphatic heterocycles. The van der Waals surface area contributed by atoms with Gasteiger partial charge in [-0.25, -0.2) is 0 Å². The van der Waals surface area contributed by atoms with Gasteiger partial charge in [0.15, 0.2) is 11.0 Å². The molecule has 6 nitrogen and oxygen atoms in total. The van der Waals surface area contributed by atoms with Crippen molar-refractivity contribution in [2.75, 3.05) is 5.75 Å². The highest BCUT2D eigenvalue weighted by Crippen LogP contribution is 2.21. The minimum absolute atomic E-state index is 0.0545. The summed E-state index contributed by atoms with van der Waals surface area (Å²) in [6.07, 6.45) is 7.38. The van der Waals surface area contributed by atoms with Crippen molar-refractivity contribution in [1.82, 2.24) is 20.1 Å². The number of nitrogens with one attached hydrogen (secondary N) is 1. The van der Waals surface area contributed by atoms with Gasteiger partial charge in [0.2, 0.25) is 5.91 Å². The highest BCUT2D eigenvalue weighted by molar-refractivity contribution is 7.99. The number of thioether (sulfide) groups is 1. The number of hydrogen-bond donors (Lipinski definition) is 1. The molecule has 1 amide bonds. The Kier molecular flexibility index (Phi) is 7.54.